The average molecular weight is 134 g/mol. The molecule has 0 heterocycles. The Morgan fingerprint density at radius 1 is 1.50 bits per heavy atom. The first-order valence-electron chi connectivity index (χ1n) is 3.71. The van der Waals surface area contributed by atoms with E-state index in [9.17, 15) is 0 Å². The lowest BCUT2D eigenvalue weighted by atomic mass is 9.70. The maximum Gasteiger partial charge on any atom is 0.154 e. The Morgan fingerprint density at radius 2 is 2.10 bits per heavy atom. The summed E-state index contributed by atoms with van der Waals surface area (Å²) in [4.78, 5) is 0. The number of allylic oxidation sites excluding steroid dienone is 5. The summed E-state index contributed by atoms with van der Waals surface area (Å²) in [5.74, 6) is 0. The maximum absolute atomic E-state index is 3.72. The van der Waals surface area contributed by atoms with Crippen LogP contribution >= 0.6 is 0 Å². The summed E-state index contributed by atoms with van der Waals surface area (Å²) < 4.78 is 0. The normalized spacial score (nSPS) is 13.1. The zero-order chi connectivity index (χ0) is 7.98. The van der Waals surface area contributed by atoms with Crippen LogP contribution in [0.1, 0.15) is 13.8 Å². The third-order valence-electron chi connectivity index (χ3n) is 1.56. The van der Waals surface area contributed by atoms with E-state index in [2.05, 4.69) is 32.5 Å². The Morgan fingerprint density at radius 3 is 2.40 bits per heavy atom. The molecule has 0 amide bonds. The van der Waals surface area contributed by atoms with Gasteiger partial charge in [-0.05, 0) is 13.8 Å². The van der Waals surface area contributed by atoms with Crippen LogP contribution in [-0.2, 0) is 0 Å². The molecule has 0 spiro atoms. The van der Waals surface area contributed by atoms with Crippen LogP contribution in [0.15, 0.2) is 35.9 Å². The van der Waals surface area contributed by atoms with Crippen molar-refractivity contribution >= 4 is 7.28 Å². The van der Waals surface area contributed by atoms with Gasteiger partial charge in [-0.15, -0.1) is 0 Å². The standard InChI is InChI=1S/C9H15B/c1-5-7-9(10-4)8(3)6-2/h5-7,10H,2H2,1,3-4H3/b7-5+,9-8+. The van der Waals surface area contributed by atoms with E-state index in [4.69, 9.17) is 0 Å². The van der Waals surface area contributed by atoms with Gasteiger partial charge in [0.05, 0.1) is 0 Å². The minimum atomic E-state index is 1.09. The largest absolute Gasteiger partial charge is 0.154 e. The minimum absolute atomic E-state index is 1.09. The van der Waals surface area contributed by atoms with Gasteiger partial charge in [0.2, 0.25) is 0 Å². The zero-order valence-corrected chi connectivity index (χ0v) is 7.15. The van der Waals surface area contributed by atoms with Crippen LogP contribution < -0.4 is 0 Å². The highest BCUT2D eigenvalue weighted by molar-refractivity contribution is 6.45. The van der Waals surface area contributed by atoms with Crippen LogP contribution in [0.5, 0.6) is 0 Å². The molecule has 54 valence electrons. The van der Waals surface area contributed by atoms with E-state index in [1.165, 1.54) is 11.0 Å². The molecule has 0 aliphatic rings. The van der Waals surface area contributed by atoms with Gasteiger partial charge in [0.15, 0.2) is 7.28 Å². The van der Waals surface area contributed by atoms with Crippen LogP contribution in [0.3, 0.4) is 0 Å². The topological polar surface area (TPSA) is 0 Å². The van der Waals surface area contributed by atoms with Crippen molar-refractivity contribution in [2.45, 2.75) is 20.7 Å². The van der Waals surface area contributed by atoms with Crippen molar-refractivity contribution in [3.8, 4) is 0 Å². The van der Waals surface area contributed by atoms with Gasteiger partial charge in [0.1, 0.15) is 0 Å². The first kappa shape index (κ1) is 9.28. The molecule has 0 saturated heterocycles. The summed E-state index contributed by atoms with van der Waals surface area (Å²) in [5.41, 5.74) is 2.65. The molecule has 0 bridgehead atoms. The third kappa shape index (κ3) is 2.72. The molecule has 0 aliphatic carbocycles. The zero-order valence-electron chi connectivity index (χ0n) is 7.15. The first-order valence-corrected chi connectivity index (χ1v) is 3.71. The van der Waals surface area contributed by atoms with Crippen molar-refractivity contribution in [3.63, 3.8) is 0 Å². The first-order chi connectivity index (χ1) is 4.76. The van der Waals surface area contributed by atoms with Crippen molar-refractivity contribution in [1.29, 1.82) is 0 Å². The van der Waals surface area contributed by atoms with Crippen molar-refractivity contribution in [1.82, 2.24) is 0 Å². The number of hydrogen-bond donors (Lipinski definition) is 0. The molecule has 0 aliphatic heterocycles. The lowest BCUT2D eigenvalue weighted by Gasteiger charge is -1.98. The van der Waals surface area contributed by atoms with Gasteiger partial charge in [-0.25, -0.2) is 0 Å². The van der Waals surface area contributed by atoms with E-state index in [0.717, 1.165) is 7.28 Å². The second-order valence-corrected chi connectivity index (χ2v) is 2.27. The van der Waals surface area contributed by atoms with Crippen LogP contribution in [-0.4, -0.2) is 7.28 Å². The third-order valence-corrected chi connectivity index (χ3v) is 1.56. The Bertz CT molecular complexity index is 164. The highest BCUT2D eigenvalue weighted by atomic mass is 13.9. The number of rotatable bonds is 3. The number of hydrogen-bond acceptors (Lipinski definition) is 0. The molecule has 0 nitrogen and oxygen atoms in total. The van der Waals surface area contributed by atoms with Gasteiger partial charge in [-0.1, -0.05) is 42.7 Å². The van der Waals surface area contributed by atoms with E-state index in [0.29, 0.717) is 0 Å². The van der Waals surface area contributed by atoms with Crippen molar-refractivity contribution in [2.24, 2.45) is 0 Å². The molecule has 0 saturated carbocycles. The Balaban J connectivity index is 4.44. The van der Waals surface area contributed by atoms with Gasteiger partial charge < -0.3 is 0 Å². The van der Waals surface area contributed by atoms with E-state index in [1.807, 2.05) is 13.0 Å². The predicted octanol–water partition coefficient (Wildman–Crippen LogP) is 2.51. The molecule has 10 heavy (non-hydrogen) atoms. The second-order valence-electron chi connectivity index (χ2n) is 2.27. The molecular formula is C9H15B. The Labute approximate surface area is 64.6 Å². The SMILES string of the molecule is C=C/C(C)=C(BC)\C=C\C. The molecule has 0 fully saturated rings. The minimum Gasteiger partial charge on any atom is -0.0988 e. The van der Waals surface area contributed by atoms with E-state index >= 15 is 0 Å². The summed E-state index contributed by atoms with van der Waals surface area (Å²) in [6, 6.07) is 0. The predicted molar refractivity (Wildman–Crippen MR) is 50.7 cm³/mol. The average Bonchev–Trinajstić information content (AvgIpc) is 1.99. The molecule has 0 aromatic carbocycles. The molecule has 1 heteroatoms. The molecular weight excluding hydrogens is 119 g/mol. The lowest BCUT2D eigenvalue weighted by Crippen LogP contribution is -1.89. The van der Waals surface area contributed by atoms with E-state index in [-0.39, 0.29) is 0 Å². The summed E-state index contributed by atoms with van der Waals surface area (Å²) in [7, 11) is 1.09. The van der Waals surface area contributed by atoms with Gasteiger partial charge in [-0.3, -0.25) is 0 Å². The summed E-state index contributed by atoms with van der Waals surface area (Å²) in [6.45, 7) is 10.00. The maximum atomic E-state index is 3.72. The molecule has 0 rings (SSSR count). The Kier molecular flexibility index (Phi) is 4.74. The quantitative estimate of drug-likeness (QED) is 0.411. The fraction of sp³-hybridized carbons (Fsp3) is 0.333. The molecule has 0 aromatic rings. The summed E-state index contributed by atoms with van der Waals surface area (Å²) in [6.07, 6.45) is 6.10. The van der Waals surface area contributed by atoms with Crippen LogP contribution in [0, 0.1) is 0 Å². The molecule has 0 unspecified atom stereocenters. The highest BCUT2D eigenvalue weighted by Crippen LogP contribution is 2.04. The van der Waals surface area contributed by atoms with Crippen molar-refractivity contribution < 1.29 is 0 Å². The fourth-order valence-corrected chi connectivity index (χ4v) is 0.860. The van der Waals surface area contributed by atoms with Gasteiger partial charge in [0.25, 0.3) is 0 Å². The van der Waals surface area contributed by atoms with E-state index < -0.39 is 0 Å². The van der Waals surface area contributed by atoms with Crippen LogP contribution in [0.2, 0.25) is 6.82 Å². The van der Waals surface area contributed by atoms with E-state index in [1.54, 1.807) is 0 Å². The second kappa shape index (κ2) is 5.10. The summed E-state index contributed by atoms with van der Waals surface area (Å²) in [5, 5.41) is 0. The molecule has 0 N–H and O–H groups in total. The summed E-state index contributed by atoms with van der Waals surface area (Å²) >= 11 is 0. The fourth-order valence-electron chi connectivity index (χ4n) is 0.860. The monoisotopic (exact) mass is 134 g/mol. The molecule has 0 radical (unpaired) electrons. The van der Waals surface area contributed by atoms with Gasteiger partial charge in [-0.2, -0.15) is 0 Å². The van der Waals surface area contributed by atoms with Gasteiger partial charge >= 0.3 is 0 Å². The lowest BCUT2D eigenvalue weighted by molar-refractivity contribution is 1.49. The molecule has 0 atom stereocenters. The Hall–Kier alpha value is -0.715. The van der Waals surface area contributed by atoms with Crippen molar-refractivity contribution in [3.05, 3.63) is 35.9 Å². The molecule has 0 aromatic heterocycles. The highest BCUT2D eigenvalue weighted by Gasteiger charge is 1.91. The van der Waals surface area contributed by atoms with Crippen LogP contribution in [0.4, 0.5) is 0 Å². The smallest absolute Gasteiger partial charge is 0.0988 e. The van der Waals surface area contributed by atoms with Crippen molar-refractivity contribution in [2.75, 3.05) is 0 Å². The van der Waals surface area contributed by atoms with Crippen LogP contribution in [0.25, 0.3) is 0 Å². The van der Waals surface area contributed by atoms with Gasteiger partial charge in [0, 0.05) is 0 Å².